The van der Waals surface area contributed by atoms with Gasteiger partial charge in [0.15, 0.2) is 9.84 Å². The average Bonchev–Trinajstić information content (AvgIpc) is 2.79. The Balaban J connectivity index is 1.55. The molecule has 0 radical (unpaired) electrons. The van der Waals surface area contributed by atoms with Crippen LogP contribution in [0.2, 0.25) is 0 Å². The van der Waals surface area contributed by atoms with Crippen molar-refractivity contribution in [3.8, 4) is 17.2 Å². The van der Waals surface area contributed by atoms with Gasteiger partial charge < -0.3 is 0 Å². The molecule has 0 aromatic heterocycles. The predicted molar refractivity (Wildman–Crippen MR) is 98.7 cm³/mol. The van der Waals surface area contributed by atoms with E-state index >= 15 is 0 Å². The summed E-state index contributed by atoms with van der Waals surface area (Å²) in [6.07, 6.45) is 5.05. The van der Waals surface area contributed by atoms with E-state index in [-0.39, 0.29) is 10.5 Å². The van der Waals surface area contributed by atoms with Gasteiger partial charge in [0.25, 0.3) is 0 Å². The SMILES string of the molecule is N#Cc1ccccc1-c1ccc(CC2=CC3CCC(C2)S3(=O)=O)cc1. The molecule has 0 spiro atoms. The summed E-state index contributed by atoms with van der Waals surface area (Å²) in [7, 11) is -2.91. The van der Waals surface area contributed by atoms with Crippen LogP contribution in [0.15, 0.2) is 60.2 Å². The van der Waals surface area contributed by atoms with Gasteiger partial charge in [-0.25, -0.2) is 8.42 Å². The Morgan fingerprint density at radius 3 is 2.52 bits per heavy atom. The second-order valence-electron chi connectivity index (χ2n) is 6.89. The van der Waals surface area contributed by atoms with Gasteiger partial charge in [0.2, 0.25) is 0 Å². The summed E-state index contributed by atoms with van der Waals surface area (Å²) in [4.78, 5) is 0. The second kappa shape index (κ2) is 6.16. The highest BCUT2D eigenvalue weighted by Crippen LogP contribution is 2.38. The molecule has 2 heterocycles. The van der Waals surface area contributed by atoms with E-state index in [0.717, 1.165) is 30.4 Å². The Kier molecular flexibility index (Phi) is 3.97. The molecule has 2 bridgehead atoms. The maximum Gasteiger partial charge on any atom is 0.159 e. The van der Waals surface area contributed by atoms with E-state index in [4.69, 9.17) is 0 Å². The fourth-order valence-electron chi connectivity index (χ4n) is 3.97. The molecule has 1 saturated heterocycles. The Bertz CT molecular complexity index is 981. The molecule has 2 atom stereocenters. The minimum Gasteiger partial charge on any atom is -0.228 e. The number of rotatable bonds is 3. The molecule has 25 heavy (non-hydrogen) atoms. The van der Waals surface area contributed by atoms with E-state index in [0.29, 0.717) is 12.0 Å². The van der Waals surface area contributed by atoms with Crippen LogP contribution in [0, 0.1) is 11.3 Å². The first-order valence-corrected chi connectivity index (χ1v) is 10.2. The fourth-order valence-corrected chi connectivity index (χ4v) is 6.23. The van der Waals surface area contributed by atoms with Crippen LogP contribution in [0.4, 0.5) is 0 Å². The zero-order chi connectivity index (χ0) is 17.4. The van der Waals surface area contributed by atoms with E-state index < -0.39 is 9.84 Å². The number of hydrogen-bond acceptors (Lipinski definition) is 3. The summed E-state index contributed by atoms with van der Waals surface area (Å²) in [5.41, 5.74) is 5.07. The molecule has 0 N–H and O–H groups in total. The van der Waals surface area contributed by atoms with Gasteiger partial charge in [-0.15, -0.1) is 0 Å². The molecule has 2 aliphatic rings. The van der Waals surface area contributed by atoms with Crippen LogP contribution in [-0.4, -0.2) is 18.9 Å². The zero-order valence-corrected chi connectivity index (χ0v) is 14.7. The van der Waals surface area contributed by atoms with Crippen LogP contribution in [0.1, 0.15) is 30.4 Å². The highest BCUT2D eigenvalue weighted by Gasteiger charge is 2.42. The summed E-state index contributed by atoms with van der Waals surface area (Å²) in [5, 5.41) is 8.81. The molecular weight excluding hydrogens is 330 g/mol. The van der Waals surface area contributed by atoms with Gasteiger partial charge in [0.1, 0.15) is 0 Å². The molecule has 0 aliphatic carbocycles. The van der Waals surface area contributed by atoms with Gasteiger partial charge in [-0.3, -0.25) is 0 Å². The van der Waals surface area contributed by atoms with Crippen molar-refractivity contribution >= 4 is 9.84 Å². The number of fused-ring (bicyclic) bond motifs is 2. The van der Waals surface area contributed by atoms with Crippen LogP contribution in [0.3, 0.4) is 0 Å². The molecular formula is C21H19NO2S. The van der Waals surface area contributed by atoms with E-state index in [9.17, 15) is 13.7 Å². The van der Waals surface area contributed by atoms with Crippen molar-refractivity contribution in [2.24, 2.45) is 0 Å². The first-order valence-electron chi connectivity index (χ1n) is 8.58. The third-order valence-electron chi connectivity index (χ3n) is 5.31. The van der Waals surface area contributed by atoms with E-state index in [1.807, 2.05) is 42.5 Å². The van der Waals surface area contributed by atoms with Crippen molar-refractivity contribution in [2.45, 2.75) is 36.2 Å². The average molecular weight is 349 g/mol. The standard InChI is InChI=1S/C21H19NO2S/c22-14-18-3-1-2-4-21(18)17-7-5-15(6-8-17)11-16-12-19-9-10-20(13-16)25(19,23)24/h1-8,12,19-20H,9-11,13H2. The lowest BCUT2D eigenvalue weighted by Gasteiger charge is -2.20. The summed E-state index contributed by atoms with van der Waals surface area (Å²) < 4.78 is 24.3. The number of hydrogen-bond donors (Lipinski definition) is 0. The molecule has 0 amide bonds. The normalized spacial score (nSPS) is 23.7. The largest absolute Gasteiger partial charge is 0.228 e. The second-order valence-corrected chi connectivity index (χ2v) is 9.34. The van der Waals surface area contributed by atoms with Gasteiger partial charge in [-0.1, -0.05) is 54.1 Å². The molecule has 0 saturated carbocycles. The Hall–Kier alpha value is -2.38. The Morgan fingerprint density at radius 1 is 1.04 bits per heavy atom. The van der Waals surface area contributed by atoms with Crippen LogP contribution in [-0.2, 0) is 16.3 Å². The number of benzene rings is 2. The number of sulfone groups is 1. The summed E-state index contributed by atoms with van der Waals surface area (Å²) >= 11 is 0. The molecule has 4 rings (SSSR count). The lowest BCUT2D eigenvalue weighted by molar-refractivity contribution is 0.581. The van der Waals surface area contributed by atoms with Crippen molar-refractivity contribution in [3.05, 3.63) is 71.3 Å². The third kappa shape index (κ3) is 2.89. The van der Waals surface area contributed by atoms with Gasteiger partial charge >= 0.3 is 0 Å². The molecule has 2 aromatic carbocycles. The van der Waals surface area contributed by atoms with Crippen molar-refractivity contribution in [1.29, 1.82) is 5.26 Å². The molecule has 2 unspecified atom stereocenters. The van der Waals surface area contributed by atoms with Crippen LogP contribution in [0.5, 0.6) is 0 Å². The Labute approximate surface area is 148 Å². The first-order chi connectivity index (χ1) is 12.1. The minimum atomic E-state index is -2.91. The highest BCUT2D eigenvalue weighted by atomic mass is 32.2. The Morgan fingerprint density at radius 2 is 1.80 bits per heavy atom. The number of nitrogens with zero attached hydrogens (tertiary/aromatic N) is 1. The summed E-state index contributed by atoms with van der Waals surface area (Å²) in [6, 6.07) is 18.1. The first kappa shape index (κ1) is 16.1. The minimum absolute atomic E-state index is 0.167. The lowest BCUT2D eigenvalue weighted by Crippen LogP contribution is -2.27. The van der Waals surface area contributed by atoms with Crippen LogP contribution >= 0.6 is 0 Å². The highest BCUT2D eigenvalue weighted by molar-refractivity contribution is 7.93. The molecule has 1 fully saturated rings. The van der Waals surface area contributed by atoms with Crippen molar-refractivity contribution in [1.82, 2.24) is 0 Å². The molecule has 4 heteroatoms. The van der Waals surface area contributed by atoms with Crippen molar-refractivity contribution in [2.75, 3.05) is 0 Å². The maximum absolute atomic E-state index is 12.2. The van der Waals surface area contributed by atoms with E-state index in [2.05, 4.69) is 18.2 Å². The van der Waals surface area contributed by atoms with Crippen molar-refractivity contribution in [3.63, 3.8) is 0 Å². The number of allylic oxidation sites excluding steroid dienone is 1. The molecule has 2 aromatic rings. The predicted octanol–water partition coefficient (Wildman–Crippen LogP) is 4.04. The monoisotopic (exact) mass is 349 g/mol. The topological polar surface area (TPSA) is 57.9 Å². The van der Waals surface area contributed by atoms with E-state index in [1.54, 1.807) is 0 Å². The van der Waals surface area contributed by atoms with Gasteiger partial charge in [0, 0.05) is 0 Å². The van der Waals surface area contributed by atoms with Crippen LogP contribution in [0.25, 0.3) is 11.1 Å². The summed E-state index contributed by atoms with van der Waals surface area (Å²) in [5.74, 6) is 0. The lowest BCUT2D eigenvalue weighted by atomic mass is 9.96. The molecule has 2 aliphatic heterocycles. The van der Waals surface area contributed by atoms with Gasteiger partial charge in [-0.05, 0) is 48.4 Å². The van der Waals surface area contributed by atoms with Gasteiger partial charge in [0.05, 0.1) is 22.1 Å². The summed E-state index contributed by atoms with van der Waals surface area (Å²) in [6.45, 7) is 0. The molecule has 3 nitrogen and oxygen atoms in total. The van der Waals surface area contributed by atoms with Crippen LogP contribution < -0.4 is 0 Å². The number of nitriles is 1. The van der Waals surface area contributed by atoms with Gasteiger partial charge in [-0.2, -0.15) is 5.26 Å². The van der Waals surface area contributed by atoms with E-state index in [1.165, 1.54) is 11.1 Å². The fraction of sp³-hybridized carbons (Fsp3) is 0.286. The zero-order valence-electron chi connectivity index (χ0n) is 13.9. The third-order valence-corrected chi connectivity index (χ3v) is 7.86. The maximum atomic E-state index is 12.2. The van der Waals surface area contributed by atoms with Crippen molar-refractivity contribution < 1.29 is 8.42 Å². The quantitative estimate of drug-likeness (QED) is 0.786. The molecule has 126 valence electrons. The smallest absolute Gasteiger partial charge is 0.159 e.